The van der Waals surface area contributed by atoms with Gasteiger partial charge >= 0.3 is 0 Å². The van der Waals surface area contributed by atoms with Crippen molar-refractivity contribution in [2.24, 2.45) is 0 Å². The molecule has 0 saturated heterocycles. The lowest BCUT2D eigenvalue weighted by Gasteiger charge is -2.16. The number of thioether (sulfide) groups is 2. The highest BCUT2D eigenvalue weighted by molar-refractivity contribution is 8.00. The molecule has 0 amide bonds. The number of hydrogen-bond donors (Lipinski definition) is 0. The van der Waals surface area contributed by atoms with Crippen molar-refractivity contribution in [2.45, 2.75) is 35.6 Å². The summed E-state index contributed by atoms with van der Waals surface area (Å²) in [7, 11) is 3.18. The summed E-state index contributed by atoms with van der Waals surface area (Å²) in [5.74, 6) is 2.14. The van der Waals surface area contributed by atoms with E-state index >= 15 is 0 Å². The van der Waals surface area contributed by atoms with Gasteiger partial charge in [-0.1, -0.05) is 25.6 Å². The van der Waals surface area contributed by atoms with Crippen molar-refractivity contribution in [2.75, 3.05) is 20.0 Å². The van der Waals surface area contributed by atoms with Gasteiger partial charge in [-0.05, 0) is 12.1 Å². The second kappa shape index (κ2) is 7.11. The van der Waals surface area contributed by atoms with Gasteiger partial charge in [0.25, 0.3) is 5.56 Å². The first-order valence-corrected chi connectivity index (χ1v) is 9.59. The Labute approximate surface area is 149 Å². The second-order valence-corrected chi connectivity index (χ2v) is 8.26. The summed E-state index contributed by atoms with van der Waals surface area (Å²) >= 11 is 3.18. The molecule has 1 aromatic heterocycles. The first kappa shape index (κ1) is 17.2. The Morgan fingerprint density at radius 3 is 2.67 bits per heavy atom. The van der Waals surface area contributed by atoms with Crippen LogP contribution in [0, 0.1) is 0 Å². The minimum atomic E-state index is -0.00197. The Balaban J connectivity index is 2.21. The Morgan fingerprint density at radius 1 is 1.25 bits per heavy atom. The molecular formula is C17H20N2O3S2. The molecule has 1 aliphatic heterocycles. The van der Waals surface area contributed by atoms with E-state index in [0.29, 0.717) is 16.7 Å². The van der Waals surface area contributed by atoms with Gasteiger partial charge in [0.15, 0.2) is 16.7 Å². The van der Waals surface area contributed by atoms with E-state index in [2.05, 4.69) is 13.8 Å². The highest BCUT2D eigenvalue weighted by atomic mass is 32.2. The van der Waals surface area contributed by atoms with Crippen LogP contribution in [-0.2, 0) is 6.42 Å². The lowest BCUT2D eigenvalue weighted by molar-refractivity contribution is 0.354. The molecule has 0 bridgehead atoms. The number of benzene rings is 1. The number of aryl methyl sites for hydroxylation is 1. The van der Waals surface area contributed by atoms with Crippen LogP contribution >= 0.6 is 23.5 Å². The Kier molecular flexibility index (Phi) is 5.10. The molecule has 0 saturated carbocycles. The molecule has 1 aliphatic rings. The SMILES string of the molecule is COc1ccc(-n2c(SC(C)C)nc3c(c2=O)SCC3)cc1OC. The smallest absolute Gasteiger partial charge is 0.272 e. The van der Waals surface area contributed by atoms with Crippen LogP contribution < -0.4 is 15.0 Å². The van der Waals surface area contributed by atoms with E-state index in [1.54, 1.807) is 42.3 Å². The van der Waals surface area contributed by atoms with Gasteiger partial charge in [-0.25, -0.2) is 4.98 Å². The number of nitrogens with zero attached hydrogens (tertiary/aromatic N) is 2. The number of methoxy groups -OCH3 is 2. The predicted molar refractivity (Wildman–Crippen MR) is 98.4 cm³/mol. The lowest BCUT2D eigenvalue weighted by atomic mass is 10.2. The summed E-state index contributed by atoms with van der Waals surface area (Å²) in [6.45, 7) is 4.19. The van der Waals surface area contributed by atoms with Crippen molar-refractivity contribution in [3.05, 3.63) is 34.2 Å². The first-order valence-electron chi connectivity index (χ1n) is 7.73. The van der Waals surface area contributed by atoms with Crippen LogP contribution in [0.25, 0.3) is 5.69 Å². The van der Waals surface area contributed by atoms with Crippen molar-refractivity contribution in [3.63, 3.8) is 0 Å². The minimum absolute atomic E-state index is 0.00197. The maximum absolute atomic E-state index is 13.0. The molecule has 0 atom stereocenters. The Bertz CT molecular complexity index is 818. The summed E-state index contributed by atoms with van der Waals surface area (Å²) in [5, 5.41) is 1.05. The normalized spacial score (nSPS) is 13.2. The summed E-state index contributed by atoms with van der Waals surface area (Å²) in [4.78, 5) is 18.6. The summed E-state index contributed by atoms with van der Waals surface area (Å²) in [6, 6.07) is 5.49. The zero-order valence-corrected chi connectivity index (χ0v) is 15.8. The molecule has 128 valence electrons. The molecule has 7 heteroatoms. The van der Waals surface area contributed by atoms with Crippen LogP contribution in [0.3, 0.4) is 0 Å². The van der Waals surface area contributed by atoms with Gasteiger partial charge in [-0.15, -0.1) is 11.8 Å². The van der Waals surface area contributed by atoms with Gasteiger partial charge in [0.1, 0.15) is 0 Å². The van der Waals surface area contributed by atoms with Crippen molar-refractivity contribution in [1.29, 1.82) is 0 Å². The van der Waals surface area contributed by atoms with E-state index < -0.39 is 0 Å². The molecule has 3 rings (SSSR count). The topological polar surface area (TPSA) is 53.4 Å². The maximum atomic E-state index is 13.0. The van der Waals surface area contributed by atoms with Crippen LogP contribution in [0.1, 0.15) is 19.5 Å². The minimum Gasteiger partial charge on any atom is -0.493 e. The van der Waals surface area contributed by atoms with E-state index in [4.69, 9.17) is 14.5 Å². The van der Waals surface area contributed by atoms with Crippen molar-refractivity contribution in [3.8, 4) is 17.2 Å². The molecular weight excluding hydrogens is 344 g/mol. The molecule has 24 heavy (non-hydrogen) atoms. The summed E-state index contributed by atoms with van der Waals surface area (Å²) < 4.78 is 12.4. The van der Waals surface area contributed by atoms with Crippen LogP contribution in [0.15, 0.2) is 33.0 Å². The third kappa shape index (κ3) is 3.15. The third-order valence-corrected chi connectivity index (χ3v) is 5.70. The second-order valence-electron chi connectivity index (χ2n) is 5.62. The molecule has 0 aliphatic carbocycles. The molecule has 5 nitrogen and oxygen atoms in total. The highest BCUT2D eigenvalue weighted by Crippen LogP contribution is 2.33. The fraction of sp³-hybridized carbons (Fsp3) is 0.412. The standard InChI is InChI=1S/C17H20N2O3S2/c1-10(2)24-17-18-12-7-8-23-15(12)16(20)19(17)11-5-6-13(21-3)14(9-11)22-4/h5-6,9-10H,7-8H2,1-4H3. The van der Waals surface area contributed by atoms with Gasteiger partial charge in [-0.2, -0.15) is 0 Å². The first-order chi connectivity index (χ1) is 11.5. The van der Waals surface area contributed by atoms with Crippen molar-refractivity contribution in [1.82, 2.24) is 9.55 Å². The van der Waals surface area contributed by atoms with Crippen molar-refractivity contribution < 1.29 is 9.47 Å². The predicted octanol–water partition coefficient (Wildman–Crippen LogP) is 3.40. The number of ether oxygens (including phenoxy) is 2. The van der Waals surface area contributed by atoms with Gasteiger partial charge < -0.3 is 9.47 Å². The highest BCUT2D eigenvalue weighted by Gasteiger charge is 2.23. The van der Waals surface area contributed by atoms with Crippen LogP contribution in [0.5, 0.6) is 11.5 Å². The summed E-state index contributed by atoms with van der Waals surface area (Å²) in [5.41, 5.74) is 1.66. The van der Waals surface area contributed by atoms with Gasteiger partial charge in [0.2, 0.25) is 0 Å². The molecule has 0 radical (unpaired) electrons. The molecule has 1 aromatic carbocycles. The average Bonchev–Trinajstić information content (AvgIpc) is 3.02. The summed E-state index contributed by atoms with van der Waals surface area (Å²) in [6.07, 6.45) is 0.855. The van der Waals surface area contributed by atoms with E-state index in [-0.39, 0.29) is 5.56 Å². The zero-order valence-electron chi connectivity index (χ0n) is 14.2. The Morgan fingerprint density at radius 2 is 2.00 bits per heavy atom. The fourth-order valence-corrected chi connectivity index (χ4v) is 4.48. The van der Waals surface area contributed by atoms with Gasteiger partial charge in [0.05, 0.1) is 30.5 Å². The molecule has 0 spiro atoms. The van der Waals surface area contributed by atoms with Gasteiger partial charge in [-0.3, -0.25) is 9.36 Å². The van der Waals surface area contributed by atoms with Gasteiger partial charge in [0, 0.05) is 23.5 Å². The van der Waals surface area contributed by atoms with E-state index in [1.807, 2.05) is 18.2 Å². The van der Waals surface area contributed by atoms with E-state index in [9.17, 15) is 4.79 Å². The van der Waals surface area contributed by atoms with Crippen molar-refractivity contribution >= 4 is 23.5 Å². The largest absolute Gasteiger partial charge is 0.493 e. The maximum Gasteiger partial charge on any atom is 0.272 e. The number of fused-ring (bicyclic) bond motifs is 1. The molecule has 2 aromatic rings. The molecule has 0 fully saturated rings. The van der Waals surface area contributed by atoms with Crippen LogP contribution in [0.4, 0.5) is 0 Å². The monoisotopic (exact) mass is 364 g/mol. The number of rotatable bonds is 5. The zero-order chi connectivity index (χ0) is 17.3. The third-order valence-electron chi connectivity index (χ3n) is 3.63. The quantitative estimate of drug-likeness (QED) is 0.599. The average molecular weight is 364 g/mol. The van der Waals surface area contributed by atoms with E-state index in [1.165, 1.54) is 0 Å². The number of hydrogen-bond acceptors (Lipinski definition) is 6. The molecule has 0 N–H and O–H groups in total. The fourth-order valence-electron chi connectivity index (χ4n) is 2.57. The molecule has 2 heterocycles. The Hall–Kier alpha value is -1.60. The number of aromatic nitrogens is 2. The molecule has 0 unspecified atom stereocenters. The van der Waals surface area contributed by atoms with E-state index in [0.717, 1.165) is 33.6 Å². The lowest BCUT2D eigenvalue weighted by Crippen LogP contribution is -2.24. The van der Waals surface area contributed by atoms with Crippen LogP contribution in [-0.4, -0.2) is 34.8 Å². The van der Waals surface area contributed by atoms with Crippen LogP contribution in [0.2, 0.25) is 0 Å².